The number of hydrogen-bond donors (Lipinski definition) is 0. The zero-order chi connectivity index (χ0) is 21.2. The Hall–Kier alpha value is -2.66. The summed E-state index contributed by atoms with van der Waals surface area (Å²) in [4.78, 5) is 4.78. The molecule has 4 nitrogen and oxygen atoms in total. The largest absolute Gasteiger partial charge is 0.494 e. The van der Waals surface area contributed by atoms with E-state index in [0.717, 1.165) is 53.6 Å². The van der Waals surface area contributed by atoms with Crippen LogP contribution in [0.2, 0.25) is 0 Å². The van der Waals surface area contributed by atoms with Gasteiger partial charge in [-0.25, -0.2) is 9.37 Å². The molecule has 1 heterocycles. The summed E-state index contributed by atoms with van der Waals surface area (Å²) in [6.45, 7) is 6.59. The minimum Gasteiger partial charge on any atom is -0.494 e. The fourth-order valence-electron chi connectivity index (χ4n) is 3.17. The lowest BCUT2D eigenvalue weighted by Crippen LogP contribution is -2.06. The number of ether oxygens (including phenoxy) is 3. The van der Waals surface area contributed by atoms with Gasteiger partial charge in [-0.2, -0.15) is 0 Å². The average molecular weight is 412 g/mol. The highest BCUT2D eigenvalue weighted by Gasteiger charge is 2.13. The van der Waals surface area contributed by atoms with E-state index in [0.29, 0.717) is 32.2 Å². The van der Waals surface area contributed by atoms with Gasteiger partial charge in [-0.1, -0.05) is 25.5 Å². The molecule has 0 unspecified atom stereocenters. The third-order valence-electron chi connectivity index (χ3n) is 4.93. The predicted molar refractivity (Wildman–Crippen MR) is 118 cm³/mol. The van der Waals surface area contributed by atoms with Crippen molar-refractivity contribution in [2.45, 2.75) is 46.1 Å². The molecular formula is C25H30FNO3. The molecule has 0 aliphatic rings. The van der Waals surface area contributed by atoms with E-state index in [2.05, 4.69) is 19.9 Å². The van der Waals surface area contributed by atoms with Gasteiger partial charge < -0.3 is 14.2 Å². The van der Waals surface area contributed by atoms with E-state index in [9.17, 15) is 4.39 Å². The van der Waals surface area contributed by atoms with Gasteiger partial charge in [0.05, 0.1) is 31.0 Å². The molecule has 0 atom stereocenters. The fraction of sp³-hybridized carbons (Fsp3) is 0.400. The molecular weight excluding hydrogens is 381 g/mol. The third-order valence-corrected chi connectivity index (χ3v) is 4.93. The van der Waals surface area contributed by atoms with Crippen molar-refractivity contribution < 1.29 is 18.6 Å². The van der Waals surface area contributed by atoms with E-state index in [1.807, 2.05) is 18.2 Å². The first kappa shape index (κ1) is 22.0. The highest BCUT2D eigenvalue weighted by Crippen LogP contribution is 2.31. The summed E-state index contributed by atoms with van der Waals surface area (Å²) >= 11 is 0. The normalized spacial score (nSPS) is 11.0. The Bertz CT molecular complexity index is 928. The number of benzene rings is 2. The van der Waals surface area contributed by atoms with Crippen molar-refractivity contribution in [2.24, 2.45) is 0 Å². The van der Waals surface area contributed by atoms with Crippen LogP contribution in [-0.2, 0) is 11.3 Å². The van der Waals surface area contributed by atoms with Crippen LogP contribution in [0.3, 0.4) is 0 Å². The SMILES string of the molecule is CCCCOc1c(C)c(COCCCCOc2ccc(F)cc2)nc2ccccc12. The first-order valence-corrected chi connectivity index (χ1v) is 10.7. The standard InChI is InChI=1S/C25H30FNO3/c1-3-4-16-30-25-19(2)24(27-23-10-6-5-9-22(23)25)18-28-15-7-8-17-29-21-13-11-20(26)12-14-21/h5-6,9-14H,3-4,7-8,15-18H2,1-2H3. The summed E-state index contributed by atoms with van der Waals surface area (Å²) in [5.74, 6) is 1.34. The molecule has 0 fully saturated rings. The number of nitrogens with zero attached hydrogens (tertiary/aromatic N) is 1. The summed E-state index contributed by atoms with van der Waals surface area (Å²) in [5, 5.41) is 1.05. The van der Waals surface area contributed by atoms with Crippen molar-refractivity contribution in [3.63, 3.8) is 0 Å². The van der Waals surface area contributed by atoms with Crippen LogP contribution in [-0.4, -0.2) is 24.8 Å². The fourth-order valence-corrected chi connectivity index (χ4v) is 3.17. The Balaban J connectivity index is 1.49. The van der Waals surface area contributed by atoms with Crippen LogP contribution in [0.4, 0.5) is 4.39 Å². The molecule has 0 saturated heterocycles. The van der Waals surface area contributed by atoms with Crippen molar-refractivity contribution in [3.8, 4) is 11.5 Å². The number of aromatic nitrogens is 1. The van der Waals surface area contributed by atoms with Gasteiger partial charge in [0.25, 0.3) is 0 Å². The zero-order valence-electron chi connectivity index (χ0n) is 17.8. The molecule has 0 spiro atoms. The van der Waals surface area contributed by atoms with Crippen molar-refractivity contribution >= 4 is 10.9 Å². The van der Waals surface area contributed by atoms with Gasteiger partial charge in [-0.3, -0.25) is 0 Å². The minimum atomic E-state index is -0.257. The Morgan fingerprint density at radius 2 is 1.60 bits per heavy atom. The maximum Gasteiger partial charge on any atom is 0.133 e. The highest BCUT2D eigenvalue weighted by atomic mass is 19.1. The van der Waals surface area contributed by atoms with E-state index in [1.54, 1.807) is 12.1 Å². The zero-order valence-corrected chi connectivity index (χ0v) is 17.8. The maximum atomic E-state index is 12.9. The summed E-state index contributed by atoms with van der Waals surface area (Å²) in [6.07, 6.45) is 3.88. The third kappa shape index (κ3) is 6.17. The van der Waals surface area contributed by atoms with Gasteiger partial charge in [-0.05, 0) is 62.6 Å². The molecule has 0 aliphatic carbocycles. The summed E-state index contributed by atoms with van der Waals surface area (Å²) in [5.41, 5.74) is 2.90. The smallest absolute Gasteiger partial charge is 0.133 e. The molecule has 3 aromatic rings. The average Bonchev–Trinajstić information content (AvgIpc) is 2.76. The van der Waals surface area contributed by atoms with Crippen LogP contribution in [0.5, 0.6) is 11.5 Å². The van der Waals surface area contributed by atoms with Crippen LogP contribution in [0, 0.1) is 12.7 Å². The monoisotopic (exact) mass is 411 g/mol. The number of halogens is 1. The lowest BCUT2D eigenvalue weighted by molar-refractivity contribution is 0.111. The number of unbranched alkanes of at least 4 members (excludes halogenated alkanes) is 2. The first-order valence-electron chi connectivity index (χ1n) is 10.7. The molecule has 0 saturated carbocycles. The Morgan fingerprint density at radius 1 is 0.867 bits per heavy atom. The Kier molecular flexibility index (Phi) is 8.45. The van der Waals surface area contributed by atoms with Crippen LogP contribution in [0.25, 0.3) is 10.9 Å². The van der Waals surface area contributed by atoms with Gasteiger partial charge in [-0.15, -0.1) is 0 Å². The minimum absolute atomic E-state index is 0.257. The highest BCUT2D eigenvalue weighted by molar-refractivity contribution is 5.86. The predicted octanol–water partition coefficient (Wildman–Crippen LogP) is 6.24. The second-order valence-corrected chi connectivity index (χ2v) is 7.29. The quantitative estimate of drug-likeness (QED) is 0.331. The van der Waals surface area contributed by atoms with Gasteiger partial charge >= 0.3 is 0 Å². The van der Waals surface area contributed by atoms with Crippen molar-refractivity contribution in [1.82, 2.24) is 4.98 Å². The molecule has 3 rings (SSSR count). The van der Waals surface area contributed by atoms with Gasteiger partial charge in [0.2, 0.25) is 0 Å². The van der Waals surface area contributed by atoms with Crippen LogP contribution < -0.4 is 9.47 Å². The lowest BCUT2D eigenvalue weighted by Gasteiger charge is -2.15. The molecule has 30 heavy (non-hydrogen) atoms. The van der Waals surface area contributed by atoms with Crippen LogP contribution >= 0.6 is 0 Å². The van der Waals surface area contributed by atoms with E-state index in [1.165, 1.54) is 12.1 Å². The molecule has 0 amide bonds. The molecule has 5 heteroatoms. The second-order valence-electron chi connectivity index (χ2n) is 7.29. The van der Waals surface area contributed by atoms with Crippen molar-refractivity contribution in [3.05, 3.63) is 65.6 Å². The summed E-state index contributed by atoms with van der Waals surface area (Å²) in [7, 11) is 0. The number of para-hydroxylation sites is 1. The molecule has 0 bridgehead atoms. The number of pyridine rings is 1. The molecule has 2 aromatic carbocycles. The number of fused-ring (bicyclic) bond motifs is 1. The maximum absolute atomic E-state index is 12.9. The topological polar surface area (TPSA) is 40.6 Å². The van der Waals surface area contributed by atoms with Crippen molar-refractivity contribution in [1.29, 1.82) is 0 Å². The molecule has 0 aliphatic heterocycles. The Morgan fingerprint density at radius 3 is 2.40 bits per heavy atom. The molecule has 0 N–H and O–H groups in total. The van der Waals surface area contributed by atoms with Crippen LogP contribution in [0.1, 0.15) is 43.9 Å². The second kappa shape index (κ2) is 11.5. The number of hydrogen-bond acceptors (Lipinski definition) is 4. The van der Waals surface area contributed by atoms with Crippen LogP contribution in [0.15, 0.2) is 48.5 Å². The summed E-state index contributed by atoms with van der Waals surface area (Å²) in [6, 6.07) is 14.2. The van der Waals surface area contributed by atoms with Gasteiger partial charge in [0, 0.05) is 17.6 Å². The van der Waals surface area contributed by atoms with Gasteiger partial charge in [0.1, 0.15) is 17.3 Å². The van der Waals surface area contributed by atoms with E-state index >= 15 is 0 Å². The number of rotatable bonds is 12. The van der Waals surface area contributed by atoms with E-state index in [4.69, 9.17) is 19.2 Å². The molecule has 0 radical (unpaired) electrons. The lowest BCUT2D eigenvalue weighted by atomic mass is 10.1. The molecule has 160 valence electrons. The first-order chi connectivity index (χ1) is 14.7. The van der Waals surface area contributed by atoms with E-state index in [-0.39, 0.29) is 5.82 Å². The summed E-state index contributed by atoms with van der Waals surface area (Å²) < 4.78 is 30.5. The van der Waals surface area contributed by atoms with Gasteiger partial charge in [0.15, 0.2) is 0 Å². The van der Waals surface area contributed by atoms with E-state index < -0.39 is 0 Å². The molecule has 1 aromatic heterocycles. The van der Waals surface area contributed by atoms with Crippen molar-refractivity contribution in [2.75, 3.05) is 19.8 Å². The Labute approximate surface area is 178 Å².